The Hall–Kier alpha value is -2.68. The highest BCUT2D eigenvalue weighted by atomic mass is 79.9. The highest BCUT2D eigenvalue weighted by Gasteiger charge is 2.45. The van der Waals surface area contributed by atoms with Gasteiger partial charge in [-0.1, -0.05) is 60.0 Å². The van der Waals surface area contributed by atoms with Crippen LogP contribution in [0, 0.1) is 0 Å². The summed E-state index contributed by atoms with van der Waals surface area (Å²) >= 11 is 3.40. The van der Waals surface area contributed by atoms with Crippen molar-refractivity contribution in [2.45, 2.75) is 38.6 Å². The normalized spacial score (nSPS) is 19.9. The predicted octanol–water partition coefficient (Wildman–Crippen LogP) is 5.16. The minimum absolute atomic E-state index is 0.121. The van der Waals surface area contributed by atoms with Crippen molar-refractivity contribution in [2.24, 2.45) is 0 Å². The number of ether oxygens (including phenoxy) is 2. The Balaban J connectivity index is 1.60. The molecule has 0 radical (unpaired) electrons. The lowest BCUT2D eigenvalue weighted by atomic mass is 9.95. The van der Waals surface area contributed by atoms with Crippen LogP contribution in [-0.2, 0) is 14.3 Å². The number of likely N-dealkylation sites (tertiary alicyclic amines) is 1. The first-order valence-corrected chi connectivity index (χ1v) is 13.9. The Morgan fingerprint density at radius 1 is 1.00 bits per heavy atom. The zero-order valence-electron chi connectivity index (χ0n) is 21.3. The first-order chi connectivity index (χ1) is 18.0. The van der Waals surface area contributed by atoms with Gasteiger partial charge in [-0.15, -0.1) is 0 Å². The third kappa shape index (κ3) is 6.80. The summed E-state index contributed by atoms with van der Waals surface area (Å²) in [6.07, 6.45) is 3.97. The van der Waals surface area contributed by atoms with Crippen molar-refractivity contribution in [2.75, 3.05) is 46.0 Å². The average molecular weight is 572 g/mol. The summed E-state index contributed by atoms with van der Waals surface area (Å²) in [5, 5.41) is 11.2. The molecule has 2 fully saturated rings. The topological polar surface area (TPSA) is 79.3 Å². The summed E-state index contributed by atoms with van der Waals surface area (Å²) in [4.78, 5) is 30.4. The Labute approximate surface area is 227 Å². The maximum atomic E-state index is 13.2. The first kappa shape index (κ1) is 27.4. The molecule has 8 heteroatoms. The second-order valence-electron chi connectivity index (χ2n) is 9.43. The lowest BCUT2D eigenvalue weighted by Crippen LogP contribution is -2.38. The van der Waals surface area contributed by atoms with Gasteiger partial charge in [-0.3, -0.25) is 14.5 Å². The quantitative estimate of drug-likeness (QED) is 0.174. The number of rotatable bonds is 11. The van der Waals surface area contributed by atoms with Crippen LogP contribution in [-0.4, -0.2) is 72.6 Å². The Morgan fingerprint density at radius 3 is 2.38 bits per heavy atom. The van der Waals surface area contributed by atoms with Crippen molar-refractivity contribution in [3.05, 3.63) is 69.7 Å². The van der Waals surface area contributed by atoms with Crippen LogP contribution in [0.3, 0.4) is 0 Å². The van der Waals surface area contributed by atoms with Crippen LogP contribution in [0.5, 0.6) is 5.75 Å². The predicted molar refractivity (Wildman–Crippen MR) is 146 cm³/mol. The van der Waals surface area contributed by atoms with Crippen LogP contribution in [0.15, 0.2) is 58.6 Å². The van der Waals surface area contributed by atoms with E-state index < -0.39 is 17.7 Å². The van der Waals surface area contributed by atoms with Gasteiger partial charge in [0.1, 0.15) is 11.5 Å². The summed E-state index contributed by atoms with van der Waals surface area (Å²) in [6, 6.07) is 13.9. The van der Waals surface area contributed by atoms with Gasteiger partial charge in [0.15, 0.2) is 0 Å². The van der Waals surface area contributed by atoms with Gasteiger partial charge in [-0.25, -0.2) is 0 Å². The second-order valence-corrected chi connectivity index (χ2v) is 10.3. The zero-order chi connectivity index (χ0) is 26.2. The summed E-state index contributed by atoms with van der Waals surface area (Å²) in [5.74, 6) is -0.648. The molecule has 4 rings (SSSR count). The summed E-state index contributed by atoms with van der Waals surface area (Å²) in [5.41, 5.74) is 1.39. The fraction of sp³-hybridized carbons (Fsp3) is 0.448. The standard InChI is InChI=1S/C29H35BrN2O5/c1-2-3-4-18-37-24-12-8-21(9-13-24)26-25(27(33)22-6-10-23(30)11-7-22)28(34)29(35)32(26)15-5-14-31-16-19-36-20-17-31/h6-13,26,33H,2-5,14-20H2,1H3/b27-25+. The number of morpholine rings is 1. The van der Waals surface area contributed by atoms with Crippen molar-refractivity contribution in [3.63, 3.8) is 0 Å². The Kier molecular flexibility index (Phi) is 9.77. The van der Waals surface area contributed by atoms with Crippen LogP contribution in [0.25, 0.3) is 5.76 Å². The van der Waals surface area contributed by atoms with Crippen molar-refractivity contribution >= 4 is 33.4 Å². The zero-order valence-corrected chi connectivity index (χ0v) is 22.9. The number of Topliss-reactive ketones (excluding diaryl/α,β-unsaturated/α-hetero) is 1. The maximum Gasteiger partial charge on any atom is 0.295 e. The van der Waals surface area contributed by atoms with Crippen molar-refractivity contribution < 1.29 is 24.2 Å². The fourth-order valence-corrected chi connectivity index (χ4v) is 5.06. The van der Waals surface area contributed by atoms with E-state index in [4.69, 9.17) is 9.47 Å². The highest BCUT2D eigenvalue weighted by molar-refractivity contribution is 9.10. The smallest absolute Gasteiger partial charge is 0.295 e. The average Bonchev–Trinajstić information content (AvgIpc) is 3.17. The molecule has 2 aromatic carbocycles. The van der Waals surface area contributed by atoms with E-state index in [1.165, 1.54) is 0 Å². The number of nitrogens with zero attached hydrogens (tertiary/aromatic N) is 2. The van der Waals surface area contributed by atoms with Gasteiger partial charge < -0.3 is 19.5 Å². The molecule has 0 saturated carbocycles. The molecule has 37 heavy (non-hydrogen) atoms. The molecule has 0 aromatic heterocycles. The number of benzene rings is 2. The number of unbranched alkanes of at least 4 members (excludes halogenated alkanes) is 2. The molecule has 1 unspecified atom stereocenters. The monoisotopic (exact) mass is 570 g/mol. The van der Waals surface area contributed by atoms with E-state index in [1.807, 2.05) is 24.3 Å². The number of hydrogen-bond acceptors (Lipinski definition) is 6. The molecule has 1 amide bonds. The van der Waals surface area contributed by atoms with E-state index in [9.17, 15) is 14.7 Å². The minimum atomic E-state index is -0.664. The molecular formula is C29H35BrN2O5. The molecule has 2 aliphatic heterocycles. The van der Waals surface area contributed by atoms with Crippen LogP contribution in [0.1, 0.15) is 49.8 Å². The number of ketones is 1. The SMILES string of the molecule is CCCCCOc1ccc(C2/C(=C(\O)c3ccc(Br)cc3)C(=O)C(=O)N2CCCN2CCOCC2)cc1. The van der Waals surface area contributed by atoms with E-state index in [-0.39, 0.29) is 11.3 Å². The first-order valence-electron chi connectivity index (χ1n) is 13.1. The van der Waals surface area contributed by atoms with Crippen molar-refractivity contribution in [1.82, 2.24) is 9.80 Å². The fourth-order valence-electron chi connectivity index (χ4n) is 4.80. The molecule has 2 aromatic rings. The van der Waals surface area contributed by atoms with Crippen LogP contribution < -0.4 is 4.74 Å². The van der Waals surface area contributed by atoms with Gasteiger partial charge in [0.2, 0.25) is 0 Å². The molecule has 1 atom stereocenters. The molecule has 7 nitrogen and oxygen atoms in total. The second kappa shape index (κ2) is 13.2. The van der Waals surface area contributed by atoms with Gasteiger partial charge in [0.25, 0.3) is 11.7 Å². The largest absolute Gasteiger partial charge is 0.507 e. The number of amides is 1. The van der Waals surface area contributed by atoms with Gasteiger partial charge in [-0.05, 0) is 42.7 Å². The molecule has 2 aliphatic rings. The molecule has 0 spiro atoms. The number of halogens is 1. The molecular weight excluding hydrogens is 536 g/mol. The van der Waals surface area contributed by atoms with Crippen LogP contribution >= 0.6 is 15.9 Å². The van der Waals surface area contributed by atoms with E-state index in [1.54, 1.807) is 29.2 Å². The van der Waals surface area contributed by atoms with Gasteiger partial charge in [0.05, 0.1) is 31.4 Å². The van der Waals surface area contributed by atoms with Gasteiger partial charge in [0, 0.05) is 36.2 Å². The molecule has 0 bridgehead atoms. The van der Waals surface area contributed by atoms with Gasteiger partial charge >= 0.3 is 0 Å². The number of carbonyl (C=O) groups excluding carboxylic acids is 2. The Morgan fingerprint density at radius 2 is 1.70 bits per heavy atom. The summed E-state index contributed by atoms with van der Waals surface area (Å²) in [7, 11) is 0. The number of hydrogen-bond donors (Lipinski definition) is 1. The maximum absolute atomic E-state index is 13.2. The number of aliphatic hydroxyl groups excluding tert-OH is 1. The molecule has 1 N–H and O–H groups in total. The van der Waals surface area contributed by atoms with E-state index >= 15 is 0 Å². The molecule has 0 aliphatic carbocycles. The van der Waals surface area contributed by atoms with Crippen LogP contribution in [0.2, 0.25) is 0 Å². The molecule has 2 heterocycles. The summed E-state index contributed by atoms with van der Waals surface area (Å²) < 4.78 is 12.1. The Bertz CT molecular complexity index is 1090. The van der Waals surface area contributed by atoms with Crippen molar-refractivity contribution in [1.29, 1.82) is 0 Å². The molecule has 2 saturated heterocycles. The summed E-state index contributed by atoms with van der Waals surface area (Å²) in [6.45, 7) is 7.19. The lowest BCUT2D eigenvalue weighted by Gasteiger charge is -2.29. The van der Waals surface area contributed by atoms with Crippen LogP contribution in [0.4, 0.5) is 0 Å². The van der Waals surface area contributed by atoms with Gasteiger partial charge in [-0.2, -0.15) is 0 Å². The lowest BCUT2D eigenvalue weighted by molar-refractivity contribution is -0.140. The highest BCUT2D eigenvalue weighted by Crippen LogP contribution is 2.40. The molecule has 198 valence electrons. The third-order valence-corrected chi connectivity index (χ3v) is 7.38. The van der Waals surface area contributed by atoms with Crippen molar-refractivity contribution in [3.8, 4) is 5.75 Å². The van der Waals surface area contributed by atoms with E-state index in [0.29, 0.717) is 31.9 Å². The van der Waals surface area contributed by atoms with E-state index in [0.717, 1.165) is 61.1 Å². The third-order valence-electron chi connectivity index (χ3n) is 6.85. The number of aliphatic hydroxyl groups is 1. The number of carbonyl (C=O) groups is 2. The minimum Gasteiger partial charge on any atom is -0.507 e. The van der Waals surface area contributed by atoms with E-state index in [2.05, 4.69) is 27.8 Å².